The number of hydrogen-bond donors (Lipinski definition) is 0. The van der Waals surface area contributed by atoms with Gasteiger partial charge in [-0.1, -0.05) is 13.3 Å². The van der Waals surface area contributed by atoms with Crippen LogP contribution in [0.2, 0.25) is 0 Å². The summed E-state index contributed by atoms with van der Waals surface area (Å²) in [6.07, 6.45) is 0.803. The number of halogens is 1. The molecule has 0 saturated heterocycles. The third kappa shape index (κ3) is 7.89. The minimum Gasteiger partial charge on any atom is -0.466 e. The minimum absolute atomic E-state index is 0.122. The third-order valence-electron chi connectivity index (χ3n) is 1.85. The van der Waals surface area contributed by atoms with E-state index in [1.807, 2.05) is 6.92 Å². The number of carbonyl (C=O) groups is 3. The maximum atomic E-state index is 11.2. The first kappa shape index (κ1) is 16.7. The summed E-state index contributed by atoms with van der Waals surface area (Å²) < 4.78 is 4.61. The molecule has 0 fully saturated rings. The predicted octanol–water partition coefficient (Wildman–Crippen LogP) is 1.74. The molecule has 0 N–H and O–H groups in total. The Labute approximate surface area is 110 Å². The van der Waals surface area contributed by atoms with Gasteiger partial charge in [0.1, 0.15) is 5.38 Å². The molecule has 104 valence electrons. The molecule has 18 heavy (non-hydrogen) atoms. The molecule has 0 rings (SSSR count). The Balaban J connectivity index is 3.76. The van der Waals surface area contributed by atoms with Crippen LogP contribution < -0.4 is 0 Å². The van der Waals surface area contributed by atoms with Crippen LogP contribution in [0.25, 0.3) is 0 Å². The molecule has 0 aliphatic carbocycles. The van der Waals surface area contributed by atoms with E-state index in [2.05, 4.69) is 14.5 Å². The van der Waals surface area contributed by atoms with Crippen LogP contribution in [0.5, 0.6) is 0 Å². The quantitative estimate of drug-likeness (QED) is 0.306. The molecule has 0 amide bonds. The first-order valence-electron chi connectivity index (χ1n) is 5.72. The van der Waals surface area contributed by atoms with Crippen LogP contribution in [0.1, 0.15) is 39.5 Å². The lowest BCUT2D eigenvalue weighted by Crippen LogP contribution is -2.20. The lowest BCUT2D eigenvalue weighted by molar-refractivity contribution is -0.258. The van der Waals surface area contributed by atoms with E-state index in [0.717, 1.165) is 0 Å². The Morgan fingerprint density at radius 1 is 1.06 bits per heavy atom. The molecule has 6 nitrogen and oxygen atoms in total. The van der Waals surface area contributed by atoms with Crippen molar-refractivity contribution in [1.29, 1.82) is 0 Å². The average Bonchev–Trinajstić information content (AvgIpc) is 2.34. The van der Waals surface area contributed by atoms with E-state index in [1.165, 1.54) is 0 Å². The fourth-order valence-electron chi connectivity index (χ4n) is 0.990. The summed E-state index contributed by atoms with van der Waals surface area (Å²) in [6.45, 7) is 3.76. The zero-order chi connectivity index (χ0) is 14.0. The molecule has 0 saturated carbocycles. The van der Waals surface area contributed by atoms with Crippen molar-refractivity contribution in [2.75, 3.05) is 6.61 Å². The Kier molecular flexibility index (Phi) is 9.00. The smallest absolute Gasteiger partial charge is 0.373 e. The van der Waals surface area contributed by atoms with E-state index in [1.54, 1.807) is 6.92 Å². The molecule has 7 heteroatoms. The van der Waals surface area contributed by atoms with Gasteiger partial charge in [-0.15, -0.1) is 11.6 Å². The number of esters is 1. The van der Waals surface area contributed by atoms with E-state index in [9.17, 15) is 14.4 Å². The van der Waals surface area contributed by atoms with Gasteiger partial charge in [0, 0.05) is 0 Å². The number of ether oxygens (including phenoxy) is 1. The van der Waals surface area contributed by atoms with Gasteiger partial charge in [-0.25, -0.2) is 19.4 Å². The van der Waals surface area contributed by atoms with Gasteiger partial charge in [0.2, 0.25) is 0 Å². The predicted molar refractivity (Wildman–Crippen MR) is 62.6 cm³/mol. The maximum Gasteiger partial charge on any atom is 0.373 e. The van der Waals surface area contributed by atoms with Gasteiger partial charge in [0.15, 0.2) is 0 Å². The van der Waals surface area contributed by atoms with Gasteiger partial charge in [-0.2, -0.15) is 0 Å². The first-order chi connectivity index (χ1) is 8.51. The lowest BCUT2D eigenvalue weighted by Gasteiger charge is -2.06. The van der Waals surface area contributed by atoms with Crippen molar-refractivity contribution in [3.05, 3.63) is 0 Å². The SMILES string of the molecule is CCCC(Cl)C(=O)OOC(=O)CCC(=O)OCC. The molecule has 0 radical (unpaired) electrons. The molecule has 0 aliphatic rings. The average molecular weight is 281 g/mol. The molecule has 0 spiro atoms. The molecule has 0 heterocycles. The highest BCUT2D eigenvalue weighted by atomic mass is 35.5. The number of hydrogen-bond acceptors (Lipinski definition) is 6. The summed E-state index contributed by atoms with van der Waals surface area (Å²) in [4.78, 5) is 41.6. The van der Waals surface area contributed by atoms with E-state index < -0.39 is 23.3 Å². The second kappa shape index (κ2) is 9.70. The summed E-state index contributed by atoms with van der Waals surface area (Å²) in [5.74, 6) is -2.15. The topological polar surface area (TPSA) is 78.9 Å². The Morgan fingerprint density at radius 3 is 2.22 bits per heavy atom. The van der Waals surface area contributed by atoms with Gasteiger partial charge in [0.25, 0.3) is 0 Å². The number of alkyl halides is 1. The highest BCUT2D eigenvalue weighted by Gasteiger charge is 2.19. The third-order valence-corrected chi connectivity index (χ3v) is 2.25. The molecule has 0 bridgehead atoms. The van der Waals surface area contributed by atoms with Crippen LogP contribution in [0, 0.1) is 0 Å². The van der Waals surface area contributed by atoms with Crippen molar-refractivity contribution in [2.45, 2.75) is 44.9 Å². The zero-order valence-electron chi connectivity index (χ0n) is 10.4. The van der Waals surface area contributed by atoms with Gasteiger partial charge < -0.3 is 4.74 Å². The highest BCUT2D eigenvalue weighted by molar-refractivity contribution is 6.29. The lowest BCUT2D eigenvalue weighted by atomic mass is 10.2. The number of rotatable bonds is 7. The van der Waals surface area contributed by atoms with Crippen molar-refractivity contribution < 1.29 is 28.9 Å². The molecular formula is C11H17ClO6. The largest absolute Gasteiger partial charge is 0.466 e. The molecule has 0 aromatic carbocycles. The van der Waals surface area contributed by atoms with E-state index in [0.29, 0.717) is 12.8 Å². The Morgan fingerprint density at radius 2 is 1.67 bits per heavy atom. The zero-order valence-corrected chi connectivity index (χ0v) is 11.2. The van der Waals surface area contributed by atoms with E-state index >= 15 is 0 Å². The van der Waals surface area contributed by atoms with Gasteiger partial charge >= 0.3 is 17.9 Å². The normalized spacial score (nSPS) is 11.5. The van der Waals surface area contributed by atoms with Crippen molar-refractivity contribution in [3.63, 3.8) is 0 Å². The van der Waals surface area contributed by atoms with Crippen molar-refractivity contribution in [3.8, 4) is 0 Å². The van der Waals surface area contributed by atoms with Crippen molar-refractivity contribution in [1.82, 2.24) is 0 Å². The van der Waals surface area contributed by atoms with Crippen LogP contribution in [0.3, 0.4) is 0 Å². The van der Waals surface area contributed by atoms with Gasteiger partial charge in [-0.3, -0.25) is 4.79 Å². The maximum absolute atomic E-state index is 11.2. The standard InChI is InChI=1S/C11H17ClO6/c1-3-5-8(12)11(15)18-17-10(14)7-6-9(13)16-4-2/h8H,3-7H2,1-2H3. The number of carbonyl (C=O) groups excluding carboxylic acids is 3. The molecule has 0 aromatic heterocycles. The van der Waals surface area contributed by atoms with Crippen molar-refractivity contribution >= 4 is 29.5 Å². The fraction of sp³-hybridized carbons (Fsp3) is 0.727. The van der Waals surface area contributed by atoms with Gasteiger partial charge in [-0.05, 0) is 13.3 Å². The van der Waals surface area contributed by atoms with Crippen molar-refractivity contribution in [2.24, 2.45) is 0 Å². The molecule has 1 unspecified atom stereocenters. The molecular weight excluding hydrogens is 264 g/mol. The van der Waals surface area contributed by atoms with E-state index in [4.69, 9.17) is 11.6 Å². The second-order valence-electron chi connectivity index (χ2n) is 3.42. The molecule has 0 aromatic rings. The Hall–Kier alpha value is -1.30. The van der Waals surface area contributed by atoms with Crippen LogP contribution in [0.4, 0.5) is 0 Å². The van der Waals surface area contributed by atoms with Gasteiger partial charge in [0.05, 0.1) is 19.4 Å². The van der Waals surface area contributed by atoms with Crippen LogP contribution in [0.15, 0.2) is 0 Å². The minimum atomic E-state index is -0.840. The first-order valence-corrected chi connectivity index (χ1v) is 6.15. The summed E-state index contributed by atoms with van der Waals surface area (Å²) in [5, 5.41) is -0.840. The summed E-state index contributed by atoms with van der Waals surface area (Å²) in [7, 11) is 0. The van der Waals surface area contributed by atoms with E-state index in [-0.39, 0.29) is 19.4 Å². The summed E-state index contributed by atoms with van der Waals surface area (Å²) in [6, 6.07) is 0. The summed E-state index contributed by atoms with van der Waals surface area (Å²) in [5.41, 5.74) is 0. The Bertz CT molecular complexity index is 291. The van der Waals surface area contributed by atoms with Crippen LogP contribution in [-0.4, -0.2) is 29.9 Å². The summed E-state index contributed by atoms with van der Waals surface area (Å²) >= 11 is 5.64. The monoisotopic (exact) mass is 280 g/mol. The van der Waals surface area contributed by atoms with Crippen LogP contribution >= 0.6 is 11.6 Å². The highest BCUT2D eigenvalue weighted by Crippen LogP contribution is 2.07. The second-order valence-corrected chi connectivity index (χ2v) is 3.95. The molecule has 0 aliphatic heterocycles. The molecule has 1 atom stereocenters. The fourth-order valence-corrected chi connectivity index (χ4v) is 1.24. The van der Waals surface area contributed by atoms with Crippen LogP contribution in [-0.2, 0) is 28.9 Å².